The molecule has 4 aromatic rings. The van der Waals surface area contributed by atoms with Crippen LogP contribution in [0.25, 0.3) is 22.5 Å². The molecule has 3 aromatic heterocycles. The number of morpholine rings is 1. The number of halogens is 3. The van der Waals surface area contributed by atoms with E-state index in [1.54, 1.807) is 6.92 Å². The van der Waals surface area contributed by atoms with Crippen LogP contribution in [0.2, 0.25) is 0 Å². The molecule has 36 heavy (non-hydrogen) atoms. The Kier molecular flexibility index (Phi) is 6.56. The van der Waals surface area contributed by atoms with Gasteiger partial charge in [-0.05, 0) is 13.0 Å². The van der Waals surface area contributed by atoms with Gasteiger partial charge in [0.1, 0.15) is 17.7 Å². The summed E-state index contributed by atoms with van der Waals surface area (Å²) < 4.78 is 47.6. The number of nitrogen functional groups attached to an aromatic ring is 1. The topological polar surface area (TPSA) is 111 Å². The molecule has 1 saturated heterocycles. The number of anilines is 3. The molecule has 0 radical (unpaired) electrons. The minimum absolute atomic E-state index is 0.0938. The fourth-order valence-electron chi connectivity index (χ4n) is 3.86. The van der Waals surface area contributed by atoms with E-state index in [1.807, 2.05) is 35.7 Å². The third kappa shape index (κ3) is 5.01. The number of alkyl halides is 3. The molecule has 4 heterocycles. The van der Waals surface area contributed by atoms with Crippen molar-refractivity contribution in [2.75, 3.05) is 30.7 Å². The van der Waals surface area contributed by atoms with Crippen LogP contribution in [0.1, 0.15) is 23.1 Å². The Bertz CT molecular complexity index is 1370. The van der Waals surface area contributed by atoms with Gasteiger partial charge in [0.25, 0.3) is 0 Å². The lowest BCUT2D eigenvalue weighted by molar-refractivity contribution is -0.137. The third-order valence-electron chi connectivity index (χ3n) is 5.66. The molecule has 1 aromatic carbocycles. The minimum Gasteiger partial charge on any atom is -0.384 e. The average Bonchev–Trinajstić information content (AvgIpc) is 3.34. The highest BCUT2D eigenvalue weighted by Gasteiger charge is 2.36. The molecular weight excluding hydrogens is 491 g/mol. The molecule has 186 valence electrons. The van der Waals surface area contributed by atoms with E-state index in [1.165, 1.54) is 11.3 Å². The summed E-state index contributed by atoms with van der Waals surface area (Å²) in [5.74, 6) is 0.366. The quantitative estimate of drug-likeness (QED) is 0.343. The van der Waals surface area contributed by atoms with Crippen molar-refractivity contribution in [2.24, 2.45) is 0 Å². The van der Waals surface area contributed by atoms with Gasteiger partial charge in [0.05, 0.1) is 23.6 Å². The zero-order valence-corrected chi connectivity index (χ0v) is 20.0. The Labute approximate surface area is 208 Å². The van der Waals surface area contributed by atoms with E-state index >= 15 is 0 Å². The van der Waals surface area contributed by atoms with Crippen LogP contribution < -0.4 is 16.4 Å². The van der Waals surface area contributed by atoms with Crippen LogP contribution in [0, 0.1) is 6.92 Å². The number of hydrogen-bond donors (Lipinski definition) is 3. The van der Waals surface area contributed by atoms with E-state index in [9.17, 15) is 13.2 Å². The third-order valence-corrected chi connectivity index (χ3v) is 6.42. The van der Waals surface area contributed by atoms with E-state index in [-0.39, 0.29) is 22.9 Å². The summed E-state index contributed by atoms with van der Waals surface area (Å²) in [6.07, 6.45) is -4.08. The normalized spacial score (nSPS) is 16.2. The molecule has 0 saturated carbocycles. The zero-order valence-electron chi connectivity index (χ0n) is 19.1. The van der Waals surface area contributed by atoms with Gasteiger partial charge in [0.2, 0.25) is 0 Å². The smallest absolute Gasteiger partial charge is 0.384 e. The number of nitrogens with two attached hydrogens (primary N) is 1. The summed E-state index contributed by atoms with van der Waals surface area (Å²) in [4.78, 5) is 17.7. The monoisotopic (exact) mass is 513 g/mol. The second kappa shape index (κ2) is 9.80. The average molecular weight is 514 g/mol. The lowest BCUT2D eigenvalue weighted by atomic mass is 10.0. The summed E-state index contributed by atoms with van der Waals surface area (Å²) in [6.45, 7) is 3.19. The maximum Gasteiger partial charge on any atom is 0.417 e. The van der Waals surface area contributed by atoms with Crippen LogP contribution >= 0.6 is 11.3 Å². The molecule has 0 bridgehead atoms. The van der Waals surface area contributed by atoms with Gasteiger partial charge in [0, 0.05) is 41.4 Å². The van der Waals surface area contributed by atoms with Crippen LogP contribution in [0.5, 0.6) is 0 Å². The number of thiazole rings is 1. The number of ether oxygens (including phenoxy) is 1. The highest BCUT2D eigenvalue weighted by Crippen LogP contribution is 2.40. The van der Waals surface area contributed by atoms with E-state index in [0.29, 0.717) is 36.2 Å². The summed E-state index contributed by atoms with van der Waals surface area (Å²) in [5, 5.41) is 8.81. The molecule has 0 spiro atoms. The molecule has 1 fully saturated rings. The predicted molar refractivity (Wildman–Crippen MR) is 132 cm³/mol. The fourth-order valence-corrected chi connectivity index (χ4v) is 4.58. The highest BCUT2D eigenvalue weighted by atomic mass is 32.1. The van der Waals surface area contributed by atoms with Crippen molar-refractivity contribution in [3.8, 4) is 22.5 Å². The molecule has 1 aliphatic rings. The lowest BCUT2D eigenvalue weighted by Gasteiger charge is -2.24. The van der Waals surface area contributed by atoms with Crippen molar-refractivity contribution in [2.45, 2.75) is 19.2 Å². The van der Waals surface area contributed by atoms with E-state index in [4.69, 9.17) is 10.5 Å². The van der Waals surface area contributed by atoms with Gasteiger partial charge < -0.3 is 21.1 Å². The second-order valence-corrected chi connectivity index (χ2v) is 9.01. The van der Waals surface area contributed by atoms with Crippen LogP contribution in [0.4, 0.5) is 29.9 Å². The Morgan fingerprint density at radius 1 is 1.17 bits per heavy atom. The van der Waals surface area contributed by atoms with Gasteiger partial charge >= 0.3 is 6.18 Å². The summed E-state index contributed by atoms with van der Waals surface area (Å²) >= 11 is 1.37. The van der Waals surface area contributed by atoms with Gasteiger partial charge in [0.15, 0.2) is 11.0 Å². The van der Waals surface area contributed by atoms with Crippen molar-refractivity contribution in [1.29, 1.82) is 0 Å². The molecule has 1 unspecified atom stereocenters. The molecule has 8 nitrogen and oxygen atoms in total. The molecule has 0 amide bonds. The molecule has 5 rings (SSSR count). The van der Waals surface area contributed by atoms with Crippen LogP contribution in [-0.2, 0) is 10.9 Å². The first kappa shape index (κ1) is 24.1. The van der Waals surface area contributed by atoms with E-state index < -0.39 is 17.8 Å². The summed E-state index contributed by atoms with van der Waals surface area (Å²) in [5.41, 5.74) is 6.71. The molecular formula is C24H22F3N7OS. The predicted octanol–water partition coefficient (Wildman–Crippen LogP) is 4.98. The van der Waals surface area contributed by atoms with Gasteiger partial charge in [-0.15, -0.1) is 11.3 Å². The fraction of sp³-hybridized carbons (Fsp3) is 0.250. The number of nitrogens with zero attached hydrogens (tertiary/aromatic N) is 4. The Morgan fingerprint density at radius 2 is 1.97 bits per heavy atom. The van der Waals surface area contributed by atoms with Crippen molar-refractivity contribution in [3.05, 3.63) is 64.9 Å². The van der Waals surface area contributed by atoms with E-state index in [2.05, 4.69) is 30.6 Å². The van der Waals surface area contributed by atoms with Gasteiger partial charge in [-0.3, -0.25) is 0 Å². The van der Waals surface area contributed by atoms with Crippen LogP contribution in [-0.4, -0.2) is 39.6 Å². The van der Waals surface area contributed by atoms with Crippen molar-refractivity contribution in [3.63, 3.8) is 0 Å². The minimum atomic E-state index is -4.65. The number of aromatic nitrogens is 4. The number of pyridine rings is 1. The van der Waals surface area contributed by atoms with Gasteiger partial charge in [-0.1, -0.05) is 30.3 Å². The lowest BCUT2D eigenvalue weighted by Crippen LogP contribution is -2.34. The molecule has 4 N–H and O–H groups in total. The maximum atomic E-state index is 13.9. The Morgan fingerprint density at radius 3 is 2.69 bits per heavy atom. The summed E-state index contributed by atoms with van der Waals surface area (Å²) in [7, 11) is 0. The van der Waals surface area contributed by atoms with Crippen molar-refractivity contribution >= 4 is 28.1 Å². The van der Waals surface area contributed by atoms with Gasteiger partial charge in [-0.25, -0.2) is 19.9 Å². The second-order valence-electron chi connectivity index (χ2n) is 8.15. The standard InChI is InChI=1S/C24H22F3N7OS/c1-13-20(15-10-30-19(28)9-16(15)24(25,26)27)32-22(18-11-29-7-8-35-18)33-21(13)34-23-31-17(12-36-23)14-5-3-2-4-6-14/h2-6,9-10,12,18,29H,7-8,11H2,1H3,(H2,28,30)(H,31,32,33,34). The number of hydrogen-bond acceptors (Lipinski definition) is 9. The Hall–Kier alpha value is -3.61. The van der Waals surface area contributed by atoms with Crippen molar-refractivity contribution in [1.82, 2.24) is 25.3 Å². The number of rotatable bonds is 5. The van der Waals surface area contributed by atoms with Crippen LogP contribution in [0.15, 0.2) is 48.0 Å². The molecule has 1 aliphatic heterocycles. The first-order valence-electron chi connectivity index (χ1n) is 11.1. The molecule has 12 heteroatoms. The molecule has 0 aliphatic carbocycles. The summed E-state index contributed by atoms with van der Waals surface area (Å²) in [6, 6.07) is 10.5. The zero-order chi connectivity index (χ0) is 25.3. The van der Waals surface area contributed by atoms with E-state index in [0.717, 1.165) is 23.5 Å². The number of nitrogens with one attached hydrogen (secondary N) is 2. The van der Waals surface area contributed by atoms with Gasteiger partial charge in [-0.2, -0.15) is 13.2 Å². The maximum absolute atomic E-state index is 13.9. The first-order chi connectivity index (χ1) is 17.3. The van der Waals surface area contributed by atoms with Crippen molar-refractivity contribution < 1.29 is 17.9 Å². The first-order valence-corrected chi connectivity index (χ1v) is 12.0. The Balaban J connectivity index is 1.60. The van der Waals surface area contributed by atoms with Crippen LogP contribution in [0.3, 0.4) is 0 Å². The highest BCUT2D eigenvalue weighted by molar-refractivity contribution is 7.14. The molecule has 1 atom stereocenters. The largest absolute Gasteiger partial charge is 0.417 e. The number of benzene rings is 1. The SMILES string of the molecule is Cc1c(Nc2nc(-c3ccccc3)cs2)nc(C2CNCCO2)nc1-c1cnc(N)cc1C(F)(F)F.